The third kappa shape index (κ3) is 3.73. The fourth-order valence-electron chi connectivity index (χ4n) is 3.33. The highest BCUT2D eigenvalue weighted by Crippen LogP contribution is 2.28. The maximum atomic E-state index is 10.5. The number of para-hydroxylation sites is 1. The molecule has 0 atom stereocenters. The first-order valence-corrected chi connectivity index (χ1v) is 8.83. The van der Waals surface area contributed by atoms with Gasteiger partial charge in [-0.25, -0.2) is 4.99 Å². The van der Waals surface area contributed by atoms with Gasteiger partial charge in [0.2, 0.25) is 0 Å². The van der Waals surface area contributed by atoms with Crippen LogP contribution in [-0.2, 0) is 6.54 Å². The van der Waals surface area contributed by atoms with Crippen molar-refractivity contribution in [3.05, 3.63) is 35.6 Å². The predicted molar refractivity (Wildman–Crippen MR) is 97.2 cm³/mol. The summed E-state index contributed by atoms with van der Waals surface area (Å²) in [5, 5.41) is 18.1. The van der Waals surface area contributed by atoms with Gasteiger partial charge in [0.05, 0.1) is 5.60 Å². The molecule has 0 aliphatic heterocycles. The first-order valence-electron chi connectivity index (χ1n) is 8.83. The molecule has 0 radical (unpaired) electrons. The SMILES string of the molecule is CCNC(=NCc1oc2ccccc2c1C)NCC1(O)CCCC1. The molecular weight excluding hydrogens is 302 g/mol. The number of rotatable bonds is 5. The van der Waals surface area contributed by atoms with Crippen molar-refractivity contribution in [1.29, 1.82) is 0 Å². The second-order valence-corrected chi connectivity index (χ2v) is 6.63. The Morgan fingerprint density at radius 2 is 2.00 bits per heavy atom. The number of furan rings is 1. The molecule has 1 aromatic carbocycles. The zero-order chi connectivity index (χ0) is 17.0. The van der Waals surface area contributed by atoms with Gasteiger partial charge in [0.15, 0.2) is 5.96 Å². The summed E-state index contributed by atoms with van der Waals surface area (Å²) in [5.74, 6) is 1.60. The Labute approximate surface area is 143 Å². The van der Waals surface area contributed by atoms with Crippen molar-refractivity contribution in [2.75, 3.05) is 13.1 Å². The summed E-state index contributed by atoms with van der Waals surface area (Å²) in [6, 6.07) is 8.05. The van der Waals surface area contributed by atoms with E-state index < -0.39 is 5.60 Å². The van der Waals surface area contributed by atoms with Gasteiger partial charge < -0.3 is 20.2 Å². The van der Waals surface area contributed by atoms with E-state index in [1.807, 2.05) is 25.1 Å². The van der Waals surface area contributed by atoms with Gasteiger partial charge in [-0.1, -0.05) is 31.0 Å². The van der Waals surface area contributed by atoms with Gasteiger partial charge in [-0.2, -0.15) is 0 Å². The highest BCUT2D eigenvalue weighted by Gasteiger charge is 2.30. The van der Waals surface area contributed by atoms with Crippen LogP contribution < -0.4 is 10.6 Å². The molecule has 1 aliphatic rings. The molecule has 3 rings (SSSR count). The lowest BCUT2D eigenvalue weighted by Gasteiger charge is -2.23. The van der Waals surface area contributed by atoms with Crippen LogP contribution in [0, 0.1) is 6.92 Å². The van der Waals surface area contributed by atoms with E-state index in [0.29, 0.717) is 13.1 Å². The standard InChI is InChI=1S/C19H27N3O2/c1-3-20-18(22-13-19(23)10-6-7-11-19)21-12-17-14(2)15-8-4-5-9-16(15)24-17/h4-5,8-9,23H,3,6-7,10-13H2,1-2H3,(H2,20,21,22). The zero-order valence-electron chi connectivity index (χ0n) is 14.6. The monoisotopic (exact) mass is 329 g/mol. The van der Waals surface area contributed by atoms with E-state index in [4.69, 9.17) is 4.42 Å². The number of benzene rings is 1. The first-order chi connectivity index (χ1) is 11.6. The Morgan fingerprint density at radius 3 is 2.71 bits per heavy atom. The highest BCUT2D eigenvalue weighted by molar-refractivity contribution is 5.82. The van der Waals surface area contributed by atoms with Crippen molar-refractivity contribution in [3.8, 4) is 0 Å². The van der Waals surface area contributed by atoms with Crippen molar-refractivity contribution in [2.45, 2.75) is 51.7 Å². The first kappa shape index (κ1) is 16.8. The van der Waals surface area contributed by atoms with Crippen LogP contribution >= 0.6 is 0 Å². The average Bonchev–Trinajstić information content (AvgIpc) is 3.15. The molecule has 2 aromatic rings. The number of aliphatic hydroxyl groups is 1. The molecule has 0 unspecified atom stereocenters. The van der Waals surface area contributed by atoms with E-state index in [9.17, 15) is 5.11 Å². The molecule has 1 heterocycles. The van der Waals surface area contributed by atoms with Crippen molar-refractivity contribution < 1.29 is 9.52 Å². The minimum atomic E-state index is -0.592. The lowest BCUT2D eigenvalue weighted by Crippen LogP contribution is -2.46. The molecule has 1 aromatic heterocycles. The smallest absolute Gasteiger partial charge is 0.191 e. The second kappa shape index (κ2) is 7.26. The van der Waals surface area contributed by atoms with Gasteiger partial charge in [0, 0.05) is 24.0 Å². The maximum absolute atomic E-state index is 10.5. The minimum Gasteiger partial charge on any atom is -0.459 e. The van der Waals surface area contributed by atoms with E-state index in [1.54, 1.807) is 0 Å². The highest BCUT2D eigenvalue weighted by atomic mass is 16.3. The van der Waals surface area contributed by atoms with Crippen LogP contribution in [0.5, 0.6) is 0 Å². The van der Waals surface area contributed by atoms with Gasteiger partial charge in [0.1, 0.15) is 17.9 Å². The van der Waals surface area contributed by atoms with E-state index in [1.165, 1.54) is 0 Å². The van der Waals surface area contributed by atoms with Crippen molar-refractivity contribution in [2.24, 2.45) is 4.99 Å². The summed E-state index contributed by atoms with van der Waals surface area (Å²) in [4.78, 5) is 4.62. The van der Waals surface area contributed by atoms with Crippen LogP contribution in [0.25, 0.3) is 11.0 Å². The summed E-state index contributed by atoms with van der Waals surface area (Å²) in [6.07, 6.45) is 3.93. The number of fused-ring (bicyclic) bond motifs is 1. The molecule has 130 valence electrons. The summed E-state index contributed by atoms with van der Waals surface area (Å²) < 4.78 is 5.91. The Hall–Kier alpha value is -2.01. The van der Waals surface area contributed by atoms with Gasteiger partial charge >= 0.3 is 0 Å². The molecule has 5 heteroatoms. The molecule has 0 saturated heterocycles. The van der Waals surface area contributed by atoms with E-state index in [-0.39, 0.29) is 0 Å². The Morgan fingerprint density at radius 1 is 1.25 bits per heavy atom. The summed E-state index contributed by atoms with van der Waals surface area (Å²) in [5.41, 5.74) is 1.45. The van der Waals surface area contributed by atoms with Crippen LogP contribution in [0.4, 0.5) is 0 Å². The Balaban J connectivity index is 1.69. The fourth-order valence-corrected chi connectivity index (χ4v) is 3.33. The topological polar surface area (TPSA) is 69.8 Å². The molecule has 3 N–H and O–H groups in total. The minimum absolute atomic E-state index is 0.480. The van der Waals surface area contributed by atoms with Crippen LogP contribution in [0.1, 0.15) is 43.9 Å². The van der Waals surface area contributed by atoms with E-state index in [0.717, 1.165) is 60.5 Å². The normalized spacial score (nSPS) is 17.4. The maximum Gasteiger partial charge on any atom is 0.191 e. The molecular formula is C19H27N3O2. The van der Waals surface area contributed by atoms with Gasteiger partial charge in [-0.3, -0.25) is 0 Å². The largest absolute Gasteiger partial charge is 0.459 e. The molecule has 0 spiro atoms. The van der Waals surface area contributed by atoms with Gasteiger partial charge in [-0.15, -0.1) is 0 Å². The van der Waals surface area contributed by atoms with Crippen LogP contribution in [0.3, 0.4) is 0 Å². The molecule has 0 bridgehead atoms. The van der Waals surface area contributed by atoms with Crippen LogP contribution in [0.2, 0.25) is 0 Å². The van der Waals surface area contributed by atoms with Crippen molar-refractivity contribution >= 4 is 16.9 Å². The molecule has 1 fully saturated rings. The summed E-state index contributed by atoms with van der Waals surface area (Å²) >= 11 is 0. The quantitative estimate of drug-likeness (QED) is 0.582. The summed E-state index contributed by atoms with van der Waals surface area (Å²) in [6.45, 7) is 5.90. The zero-order valence-corrected chi connectivity index (χ0v) is 14.6. The number of hydrogen-bond donors (Lipinski definition) is 3. The van der Waals surface area contributed by atoms with Crippen molar-refractivity contribution in [3.63, 3.8) is 0 Å². The van der Waals surface area contributed by atoms with E-state index in [2.05, 4.69) is 28.6 Å². The third-order valence-electron chi connectivity index (χ3n) is 4.79. The average molecular weight is 329 g/mol. The molecule has 1 saturated carbocycles. The van der Waals surface area contributed by atoms with Crippen LogP contribution in [-0.4, -0.2) is 29.8 Å². The summed E-state index contributed by atoms with van der Waals surface area (Å²) in [7, 11) is 0. The predicted octanol–water partition coefficient (Wildman–Crippen LogP) is 3.10. The Kier molecular flexibility index (Phi) is 5.09. The fraction of sp³-hybridized carbons (Fsp3) is 0.526. The number of aliphatic imine (C=N–C) groups is 1. The molecule has 0 amide bonds. The molecule has 5 nitrogen and oxygen atoms in total. The lowest BCUT2D eigenvalue weighted by atomic mass is 10.0. The number of nitrogens with one attached hydrogen (secondary N) is 2. The number of nitrogens with zero attached hydrogens (tertiary/aromatic N) is 1. The van der Waals surface area contributed by atoms with Crippen LogP contribution in [0.15, 0.2) is 33.7 Å². The van der Waals surface area contributed by atoms with Gasteiger partial charge in [0.25, 0.3) is 0 Å². The van der Waals surface area contributed by atoms with E-state index >= 15 is 0 Å². The third-order valence-corrected chi connectivity index (χ3v) is 4.79. The number of guanidine groups is 1. The Bertz CT molecular complexity index is 714. The van der Waals surface area contributed by atoms with Gasteiger partial charge in [-0.05, 0) is 32.8 Å². The molecule has 24 heavy (non-hydrogen) atoms. The number of hydrogen-bond acceptors (Lipinski definition) is 3. The second-order valence-electron chi connectivity index (χ2n) is 6.63. The molecule has 1 aliphatic carbocycles. The van der Waals surface area contributed by atoms with Crippen molar-refractivity contribution in [1.82, 2.24) is 10.6 Å². The number of aryl methyl sites for hydroxylation is 1. The lowest BCUT2D eigenvalue weighted by molar-refractivity contribution is 0.0522.